The van der Waals surface area contributed by atoms with E-state index in [1.807, 2.05) is 0 Å². The molecular formula is C50H70N6O14PS2+. The summed E-state index contributed by atoms with van der Waals surface area (Å²) in [4.78, 5) is 52.3. The van der Waals surface area contributed by atoms with Crippen LogP contribution in [0.5, 0.6) is 0 Å². The average Bonchev–Trinajstić information content (AvgIpc) is 4.06. The van der Waals surface area contributed by atoms with Gasteiger partial charge in [0.2, 0.25) is 20.0 Å². The van der Waals surface area contributed by atoms with Gasteiger partial charge in [-0.15, -0.1) is 9.05 Å². The Kier molecular flexibility index (Phi) is 20.8. The third-order valence-electron chi connectivity index (χ3n) is 11.9. The van der Waals surface area contributed by atoms with Crippen molar-refractivity contribution in [3.05, 3.63) is 120 Å². The number of benzene rings is 4. The summed E-state index contributed by atoms with van der Waals surface area (Å²) in [6, 6.07) is 26.4. The van der Waals surface area contributed by atoms with Crippen LogP contribution in [0.25, 0.3) is 0 Å². The van der Waals surface area contributed by atoms with Crippen LogP contribution in [-0.4, -0.2) is 137 Å². The Morgan fingerprint density at radius 1 is 0.603 bits per heavy atom. The van der Waals surface area contributed by atoms with Crippen LogP contribution in [0.2, 0.25) is 0 Å². The number of nitrogen functional groups attached to an aromatic ring is 2. The summed E-state index contributed by atoms with van der Waals surface area (Å²) in [5, 5.41) is 5.63. The van der Waals surface area contributed by atoms with E-state index in [-0.39, 0.29) is 60.8 Å². The number of carbonyl (C=O) groups is 2. The van der Waals surface area contributed by atoms with E-state index in [1.54, 1.807) is 88.4 Å². The van der Waals surface area contributed by atoms with E-state index in [0.717, 1.165) is 8.61 Å². The fourth-order valence-corrected chi connectivity index (χ4v) is 12.8. The molecule has 6 rings (SSSR count). The highest BCUT2D eigenvalue weighted by Crippen LogP contribution is 2.55. The Bertz CT molecular complexity index is 2400. The van der Waals surface area contributed by atoms with Gasteiger partial charge in [-0.2, -0.15) is 18.4 Å². The van der Waals surface area contributed by atoms with Gasteiger partial charge in [-0.3, -0.25) is 0 Å². The molecule has 0 spiro atoms. The molecule has 0 radical (unpaired) electrons. The van der Waals surface area contributed by atoms with Crippen LogP contribution in [0.3, 0.4) is 0 Å². The quantitative estimate of drug-likeness (QED) is 0.0333. The van der Waals surface area contributed by atoms with Gasteiger partial charge in [-0.25, -0.2) is 26.4 Å². The maximum Gasteiger partial charge on any atom is 0.570 e. The van der Waals surface area contributed by atoms with E-state index in [9.17, 15) is 36.2 Å². The lowest BCUT2D eigenvalue weighted by molar-refractivity contribution is 0.00767. The first kappa shape index (κ1) is 57.3. The number of alkyl carbamates (subject to hydrolysis) is 2. The van der Waals surface area contributed by atoms with Gasteiger partial charge < -0.3 is 41.0 Å². The highest BCUT2D eigenvalue weighted by molar-refractivity contribution is 7.89. The lowest BCUT2D eigenvalue weighted by Crippen LogP contribution is -2.54. The van der Waals surface area contributed by atoms with Gasteiger partial charge in [-0.1, -0.05) is 88.4 Å². The number of amides is 2. The minimum absolute atomic E-state index is 0.0421. The minimum atomic E-state index is -5.36. The van der Waals surface area contributed by atoms with Gasteiger partial charge in [0.15, 0.2) is 0 Å². The number of anilines is 2. The highest BCUT2D eigenvalue weighted by Gasteiger charge is 2.51. The van der Waals surface area contributed by atoms with Gasteiger partial charge in [0.25, 0.3) is 0 Å². The predicted molar refractivity (Wildman–Crippen MR) is 276 cm³/mol. The largest absolute Gasteiger partial charge is 0.570 e. The molecule has 20 nitrogen and oxygen atoms in total. The molecule has 73 heavy (non-hydrogen) atoms. The standard InChI is InChI=1S/C50H69N6O14PS2/c1-35(2)29-55(72(61,62)43-19-15-39(51)16-20-43)31-47(45(27-37-11-7-5-8-12-37)53-49(57)67-41-23-25-65-33-41)69-71(59,60)70-48(32-56(30-36(3)4)73(63,64)44-21-17-40(52)18-22-44)46(28-38-13-9-6-10-14-38)54-50(58)68-42-24-26-66-34-42/h5-22,35-36,41-42,45-48,59-60H,23-34,51-52H2,1-4H3,(H-,53,54,57,58)/p+1/t41-,42-,45-,46-,47-,48+/m0/s1. The zero-order chi connectivity index (χ0) is 52.8. The van der Waals surface area contributed by atoms with E-state index in [2.05, 4.69) is 10.6 Å². The fraction of sp³-hybridized carbons (Fsp3) is 0.480. The molecule has 4 aromatic carbocycles. The highest BCUT2D eigenvalue weighted by atomic mass is 32.2. The molecule has 2 aliphatic rings. The first-order valence-corrected chi connectivity index (χ1v) is 28.7. The van der Waals surface area contributed by atoms with Gasteiger partial charge in [-0.05, 0) is 84.3 Å². The van der Waals surface area contributed by atoms with E-state index in [0.29, 0.717) is 48.6 Å². The van der Waals surface area contributed by atoms with E-state index >= 15 is 0 Å². The smallest absolute Gasteiger partial charge is 0.444 e. The minimum Gasteiger partial charge on any atom is -0.444 e. The number of hydrogen-bond donors (Lipinski definition) is 6. The molecule has 2 saturated heterocycles. The van der Waals surface area contributed by atoms with Gasteiger partial charge >= 0.3 is 20.4 Å². The van der Waals surface area contributed by atoms with Crippen LogP contribution in [0.4, 0.5) is 21.0 Å². The van der Waals surface area contributed by atoms with E-state index in [1.165, 1.54) is 48.5 Å². The second kappa shape index (κ2) is 26.5. The van der Waals surface area contributed by atoms with Crippen molar-refractivity contribution < 1.29 is 64.2 Å². The maximum atomic E-state index is 14.6. The molecule has 8 N–H and O–H groups in total. The van der Waals surface area contributed by atoms with Crippen LogP contribution in [-0.2, 0) is 60.9 Å². The fourth-order valence-electron chi connectivity index (χ4n) is 8.35. The monoisotopic (exact) mass is 1070 g/mol. The topological polar surface area (TPSA) is 281 Å². The summed E-state index contributed by atoms with van der Waals surface area (Å²) < 4.78 is 95.8. The SMILES string of the molecule is CC(C)CN(C[C@H](O[P+](O)(O)O[C@H](CN(CC(C)C)S(=O)(=O)c1ccc(N)cc1)[C@H](Cc1ccccc1)NC(=O)O[C@H]1CCOC1)[C@H](Cc1ccccc1)NC(=O)O[C@H]1CCOC1)S(=O)(=O)c1ccc(N)cc1. The Morgan fingerprint density at radius 3 is 1.27 bits per heavy atom. The van der Waals surface area contributed by atoms with Gasteiger partial charge in [0.05, 0.1) is 48.3 Å². The summed E-state index contributed by atoms with van der Waals surface area (Å²) in [6.45, 7) is 6.89. The molecule has 0 aromatic heterocycles. The summed E-state index contributed by atoms with van der Waals surface area (Å²) in [5.41, 5.74) is 13.8. The molecule has 2 aliphatic heterocycles. The molecular weight excluding hydrogens is 1000 g/mol. The number of nitrogens with zero attached hydrogens (tertiary/aromatic N) is 2. The van der Waals surface area contributed by atoms with Crippen LogP contribution in [0.15, 0.2) is 119 Å². The second-order valence-electron chi connectivity index (χ2n) is 19.0. The van der Waals surface area contributed by atoms with Gasteiger partial charge in [0, 0.05) is 50.4 Å². The number of carbonyl (C=O) groups excluding carboxylic acids is 2. The molecule has 2 amide bonds. The zero-order valence-electron chi connectivity index (χ0n) is 41.6. The molecule has 2 heterocycles. The lowest BCUT2D eigenvalue weighted by atomic mass is 10.0. The van der Waals surface area contributed by atoms with Crippen molar-refractivity contribution in [2.24, 2.45) is 11.8 Å². The Morgan fingerprint density at radius 2 is 0.959 bits per heavy atom. The zero-order valence-corrected chi connectivity index (χ0v) is 44.1. The average molecular weight is 1070 g/mol. The van der Waals surface area contributed by atoms with Crippen LogP contribution in [0.1, 0.15) is 51.7 Å². The Balaban J connectivity index is 1.46. The van der Waals surface area contributed by atoms with E-state index < -0.39 is 90.0 Å². The van der Waals surface area contributed by atoms with Crippen molar-refractivity contribution in [2.45, 2.75) is 99.7 Å². The third kappa shape index (κ3) is 17.6. The van der Waals surface area contributed by atoms with Crippen LogP contribution in [0, 0.1) is 11.8 Å². The number of rotatable bonds is 26. The van der Waals surface area contributed by atoms with Crippen molar-refractivity contribution in [1.82, 2.24) is 19.2 Å². The van der Waals surface area contributed by atoms with E-state index in [4.69, 9.17) is 39.5 Å². The molecule has 4 aromatic rings. The summed E-state index contributed by atoms with van der Waals surface area (Å²) >= 11 is 0. The Labute approximate surface area is 429 Å². The third-order valence-corrected chi connectivity index (χ3v) is 16.7. The summed E-state index contributed by atoms with van der Waals surface area (Å²) in [5.74, 6) is -0.563. The van der Waals surface area contributed by atoms with Crippen molar-refractivity contribution in [3.63, 3.8) is 0 Å². The lowest BCUT2D eigenvalue weighted by Gasteiger charge is -2.34. The molecule has 0 bridgehead atoms. The van der Waals surface area contributed by atoms with Crippen molar-refractivity contribution >= 4 is 51.8 Å². The molecule has 400 valence electrons. The second-order valence-corrected chi connectivity index (χ2v) is 24.3. The van der Waals surface area contributed by atoms with Gasteiger partial charge in [0.1, 0.15) is 24.4 Å². The summed E-state index contributed by atoms with van der Waals surface area (Å²) in [7, 11) is -14.1. The van der Waals surface area contributed by atoms with Crippen LogP contribution < -0.4 is 22.1 Å². The first-order chi connectivity index (χ1) is 34.7. The maximum absolute atomic E-state index is 14.6. The van der Waals surface area contributed by atoms with Crippen molar-refractivity contribution in [3.8, 4) is 0 Å². The van der Waals surface area contributed by atoms with Crippen LogP contribution >= 0.6 is 8.17 Å². The van der Waals surface area contributed by atoms with Crippen molar-refractivity contribution in [1.29, 1.82) is 0 Å². The normalized spacial score (nSPS) is 18.2. The molecule has 0 aliphatic carbocycles. The number of ether oxygens (including phenoxy) is 4. The molecule has 2 fully saturated rings. The molecule has 0 unspecified atom stereocenters. The first-order valence-electron chi connectivity index (χ1n) is 24.3. The Hall–Kier alpha value is -4.97. The molecule has 6 atom stereocenters. The predicted octanol–water partition coefficient (Wildman–Crippen LogP) is 5.53. The summed E-state index contributed by atoms with van der Waals surface area (Å²) in [6.07, 6.45) is -5.48. The molecule has 0 saturated carbocycles. The number of nitrogens with one attached hydrogen (secondary N) is 2. The molecule has 23 heteroatoms. The number of sulfonamides is 2. The van der Waals surface area contributed by atoms with Crippen molar-refractivity contribution in [2.75, 3.05) is 64.1 Å². The number of nitrogens with two attached hydrogens (primary N) is 2. The number of hydrogen-bond acceptors (Lipinski definition) is 16.